The maximum atomic E-state index is 10.9. The molecule has 100 valence electrons. The predicted octanol–water partition coefficient (Wildman–Crippen LogP) is 2.67. The first-order valence-corrected chi connectivity index (χ1v) is 6.24. The van der Waals surface area contributed by atoms with Crippen molar-refractivity contribution in [2.45, 2.75) is 26.7 Å². The first-order valence-electron chi connectivity index (χ1n) is 6.24. The molecule has 5 heteroatoms. The topological polar surface area (TPSA) is 64.4 Å². The van der Waals surface area contributed by atoms with Gasteiger partial charge in [0.1, 0.15) is 0 Å². The largest absolute Gasteiger partial charge is 0.487 e. The Morgan fingerprint density at radius 3 is 2.83 bits per heavy atom. The first kappa shape index (κ1) is 14.4. The minimum absolute atomic E-state index is 0.0685. The van der Waals surface area contributed by atoms with Gasteiger partial charge in [0.05, 0.1) is 11.5 Å². The van der Waals surface area contributed by atoms with Crippen molar-refractivity contribution in [3.63, 3.8) is 0 Å². The van der Waals surface area contributed by atoms with Gasteiger partial charge in [-0.05, 0) is 38.9 Å². The lowest BCUT2D eigenvalue weighted by molar-refractivity contribution is -0.386. The molecular formula is C13H20N2O3. The molecule has 18 heavy (non-hydrogen) atoms. The van der Waals surface area contributed by atoms with Crippen molar-refractivity contribution in [3.05, 3.63) is 33.9 Å². The highest BCUT2D eigenvalue weighted by Gasteiger charge is 2.17. The van der Waals surface area contributed by atoms with Gasteiger partial charge in [0, 0.05) is 5.56 Å². The number of aryl methyl sites for hydroxylation is 1. The summed E-state index contributed by atoms with van der Waals surface area (Å²) in [5.74, 6) is 0.357. The summed E-state index contributed by atoms with van der Waals surface area (Å²) in [7, 11) is 0. The van der Waals surface area contributed by atoms with Crippen LogP contribution in [0.2, 0.25) is 0 Å². The zero-order chi connectivity index (χ0) is 13.4. The van der Waals surface area contributed by atoms with E-state index in [9.17, 15) is 10.1 Å². The molecule has 0 aliphatic carbocycles. The lowest BCUT2D eigenvalue weighted by atomic mass is 10.2. The fourth-order valence-corrected chi connectivity index (χ4v) is 1.66. The number of nitrogens with one attached hydrogen (secondary N) is 1. The summed E-state index contributed by atoms with van der Waals surface area (Å²) in [4.78, 5) is 10.5. The van der Waals surface area contributed by atoms with E-state index in [-0.39, 0.29) is 10.6 Å². The molecular weight excluding hydrogens is 232 g/mol. The number of nitrogens with zero attached hydrogens (tertiary/aromatic N) is 1. The van der Waals surface area contributed by atoms with Crippen molar-refractivity contribution in [2.75, 3.05) is 19.7 Å². The van der Waals surface area contributed by atoms with Gasteiger partial charge in [0.25, 0.3) is 0 Å². The van der Waals surface area contributed by atoms with Crippen molar-refractivity contribution in [1.82, 2.24) is 5.32 Å². The average Bonchev–Trinajstić information content (AvgIpc) is 2.33. The van der Waals surface area contributed by atoms with Gasteiger partial charge in [0.15, 0.2) is 5.75 Å². The molecule has 0 fully saturated rings. The summed E-state index contributed by atoms with van der Waals surface area (Å²) in [6.07, 6.45) is 1.94. The van der Waals surface area contributed by atoms with Crippen molar-refractivity contribution < 1.29 is 9.66 Å². The Balaban J connectivity index is 2.47. The van der Waals surface area contributed by atoms with Gasteiger partial charge in [-0.2, -0.15) is 0 Å². The van der Waals surface area contributed by atoms with Crippen LogP contribution in [0.1, 0.15) is 25.3 Å². The normalized spacial score (nSPS) is 10.3. The molecule has 0 aliphatic rings. The van der Waals surface area contributed by atoms with Crippen LogP contribution in [0.25, 0.3) is 0 Å². The van der Waals surface area contributed by atoms with Crippen LogP contribution in [-0.4, -0.2) is 24.6 Å². The maximum Gasteiger partial charge on any atom is 0.313 e. The smallest absolute Gasteiger partial charge is 0.313 e. The molecule has 5 nitrogen and oxygen atoms in total. The number of nitro groups is 1. The molecule has 0 spiro atoms. The maximum absolute atomic E-state index is 10.9. The molecule has 0 saturated heterocycles. The van der Waals surface area contributed by atoms with E-state index >= 15 is 0 Å². The molecule has 1 aromatic rings. The van der Waals surface area contributed by atoms with Crippen molar-refractivity contribution in [1.29, 1.82) is 0 Å². The zero-order valence-corrected chi connectivity index (χ0v) is 10.9. The first-order chi connectivity index (χ1) is 8.66. The monoisotopic (exact) mass is 252 g/mol. The van der Waals surface area contributed by atoms with E-state index in [4.69, 9.17) is 4.74 Å². The van der Waals surface area contributed by atoms with Crippen LogP contribution in [0.15, 0.2) is 18.2 Å². The third-order valence-corrected chi connectivity index (χ3v) is 2.57. The van der Waals surface area contributed by atoms with E-state index in [1.165, 1.54) is 0 Å². The highest BCUT2D eigenvalue weighted by Crippen LogP contribution is 2.29. The van der Waals surface area contributed by atoms with Gasteiger partial charge in [-0.25, -0.2) is 0 Å². The molecule has 0 saturated carbocycles. The summed E-state index contributed by atoms with van der Waals surface area (Å²) in [5.41, 5.74) is 0.695. The fourth-order valence-electron chi connectivity index (χ4n) is 1.66. The minimum atomic E-state index is -0.389. The van der Waals surface area contributed by atoms with Crippen molar-refractivity contribution in [3.8, 4) is 5.75 Å². The van der Waals surface area contributed by atoms with Crippen molar-refractivity contribution >= 4 is 5.69 Å². The molecule has 0 radical (unpaired) electrons. The molecule has 0 heterocycles. The molecule has 0 aliphatic heterocycles. The molecule has 0 atom stereocenters. The number of hydrogen-bond acceptors (Lipinski definition) is 4. The highest BCUT2D eigenvalue weighted by molar-refractivity contribution is 5.51. The number of ether oxygens (including phenoxy) is 1. The van der Waals surface area contributed by atoms with Crippen LogP contribution >= 0.6 is 0 Å². The molecule has 1 N–H and O–H groups in total. The lowest BCUT2D eigenvalue weighted by Gasteiger charge is -2.08. The van der Waals surface area contributed by atoms with Gasteiger partial charge in [-0.3, -0.25) is 10.1 Å². The molecule has 1 rings (SSSR count). The Morgan fingerprint density at radius 2 is 2.17 bits per heavy atom. The fraction of sp³-hybridized carbons (Fsp3) is 0.538. The van der Waals surface area contributed by atoms with Crippen LogP contribution in [0.5, 0.6) is 5.75 Å². The SMILES string of the molecule is CCCNCCCOc1cccc(C)c1[N+](=O)[O-]. The van der Waals surface area contributed by atoms with Crippen LogP contribution in [0.3, 0.4) is 0 Å². The highest BCUT2D eigenvalue weighted by atomic mass is 16.6. The van der Waals surface area contributed by atoms with E-state index < -0.39 is 0 Å². The number of para-hydroxylation sites is 1. The molecule has 0 unspecified atom stereocenters. The van der Waals surface area contributed by atoms with Gasteiger partial charge in [0.2, 0.25) is 0 Å². The summed E-state index contributed by atoms with van der Waals surface area (Å²) in [6, 6.07) is 5.13. The Hall–Kier alpha value is -1.62. The van der Waals surface area contributed by atoms with E-state index in [1.54, 1.807) is 25.1 Å². The summed E-state index contributed by atoms with van der Waals surface area (Å²) in [5, 5.41) is 14.2. The third-order valence-electron chi connectivity index (χ3n) is 2.57. The molecule has 0 bridgehead atoms. The van der Waals surface area contributed by atoms with Crippen molar-refractivity contribution in [2.24, 2.45) is 0 Å². The average molecular weight is 252 g/mol. The van der Waals surface area contributed by atoms with Gasteiger partial charge in [-0.1, -0.05) is 19.1 Å². The van der Waals surface area contributed by atoms with E-state index in [2.05, 4.69) is 12.2 Å². The summed E-state index contributed by atoms with van der Waals surface area (Å²) >= 11 is 0. The van der Waals surface area contributed by atoms with Gasteiger partial charge >= 0.3 is 5.69 Å². The van der Waals surface area contributed by atoms with Crippen LogP contribution < -0.4 is 10.1 Å². The second kappa shape index (κ2) is 7.66. The number of benzene rings is 1. The number of rotatable bonds is 8. The molecule has 0 amide bonds. The minimum Gasteiger partial charge on any atom is -0.487 e. The standard InChI is InChI=1S/C13H20N2O3/c1-3-8-14-9-5-10-18-12-7-4-6-11(2)13(12)15(16)17/h4,6-7,14H,3,5,8-10H2,1-2H3. The summed E-state index contributed by atoms with van der Waals surface area (Å²) in [6.45, 7) is 6.17. The lowest BCUT2D eigenvalue weighted by Crippen LogP contribution is -2.18. The zero-order valence-electron chi connectivity index (χ0n) is 10.9. The number of nitro benzene ring substituents is 1. The van der Waals surface area contributed by atoms with Crippen LogP contribution in [0, 0.1) is 17.0 Å². The van der Waals surface area contributed by atoms with E-state index in [1.807, 2.05) is 0 Å². The predicted molar refractivity (Wildman–Crippen MR) is 71.1 cm³/mol. The Bertz CT molecular complexity index is 394. The van der Waals surface area contributed by atoms with Gasteiger partial charge < -0.3 is 10.1 Å². The van der Waals surface area contributed by atoms with Gasteiger partial charge in [-0.15, -0.1) is 0 Å². The quantitative estimate of drug-likeness (QED) is 0.439. The number of hydrogen-bond donors (Lipinski definition) is 1. The summed E-state index contributed by atoms with van der Waals surface area (Å²) < 4.78 is 5.48. The Kier molecular flexibility index (Phi) is 6.14. The van der Waals surface area contributed by atoms with E-state index in [0.29, 0.717) is 17.9 Å². The van der Waals surface area contributed by atoms with E-state index in [0.717, 1.165) is 25.9 Å². The Morgan fingerprint density at radius 1 is 1.39 bits per heavy atom. The third kappa shape index (κ3) is 4.33. The Labute approximate surface area is 107 Å². The molecule has 0 aromatic heterocycles. The second-order valence-corrected chi connectivity index (χ2v) is 4.13. The second-order valence-electron chi connectivity index (χ2n) is 4.13. The van der Waals surface area contributed by atoms with Crippen LogP contribution in [-0.2, 0) is 0 Å². The van der Waals surface area contributed by atoms with Crippen LogP contribution in [0.4, 0.5) is 5.69 Å². The molecule has 1 aromatic carbocycles.